The lowest BCUT2D eigenvalue weighted by atomic mass is 10.2. The highest BCUT2D eigenvalue weighted by Gasteiger charge is 2.33. The number of nitrogens with zero attached hydrogens (tertiary/aromatic N) is 1. The summed E-state index contributed by atoms with van der Waals surface area (Å²) >= 11 is 0. The molecule has 0 aliphatic carbocycles. The Hall–Kier alpha value is -2.04. The third-order valence-corrected chi connectivity index (χ3v) is 3.53. The maximum absolute atomic E-state index is 12.3. The number of hydrogen-bond acceptors (Lipinski definition) is 2. The van der Waals surface area contributed by atoms with Gasteiger partial charge in [0.1, 0.15) is 6.04 Å². The van der Waals surface area contributed by atoms with Gasteiger partial charge in [0, 0.05) is 18.8 Å². The predicted octanol–water partition coefficient (Wildman–Crippen LogP) is 2.46. The first-order valence-corrected chi connectivity index (χ1v) is 7.48. The summed E-state index contributed by atoms with van der Waals surface area (Å²) in [5.74, 6) is 0.353. The number of hydrogen-bond donors (Lipinski definition) is 2. The van der Waals surface area contributed by atoms with Gasteiger partial charge in [-0.3, -0.25) is 4.79 Å². The maximum atomic E-state index is 12.3. The number of nitrogens with one attached hydrogen (secondary N) is 2. The van der Waals surface area contributed by atoms with Crippen LogP contribution in [0.5, 0.6) is 0 Å². The fourth-order valence-electron chi connectivity index (χ4n) is 2.42. The predicted molar refractivity (Wildman–Crippen MR) is 83.0 cm³/mol. The minimum Gasteiger partial charge on any atom is -0.354 e. The molecule has 5 heteroatoms. The number of anilines is 1. The second-order valence-electron chi connectivity index (χ2n) is 5.79. The van der Waals surface area contributed by atoms with Crippen molar-refractivity contribution in [3.05, 3.63) is 30.3 Å². The van der Waals surface area contributed by atoms with E-state index in [4.69, 9.17) is 0 Å². The van der Waals surface area contributed by atoms with Crippen LogP contribution in [0.15, 0.2) is 30.3 Å². The van der Waals surface area contributed by atoms with Gasteiger partial charge in [0.25, 0.3) is 0 Å². The molecule has 1 atom stereocenters. The molecule has 0 aromatic heterocycles. The van der Waals surface area contributed by atoms with Crippen LogP contribution < -0.4 is 10.6 Å². The van der Waals surface area contributed by atoms with Gasteiger partial charge in [-0.2, -0.15) is 0 Å². The quantitative estimate of drug-likeness (QED) is 0.894. The Morgan fingerprint density at radius 1 is 1.29 bits per heavy atom. The molecule has 0 bridgehead atoms. The molecule has 0 saturated carbocycles. The Labute approximate surface area is 125 Å². The summed E-state index contributed by atoms with van der Waals surface area (Å²) in [5, 5.41) is 5.75. The topological polar surface area (TPSA) is 61.4 Å². The second kappa shape index (κ2) is 7.11. The molecule has 1 aromatic rings. The number of rotatable bonds is 4. The second-order valence-corrected chi connectivity index (χ2v) is 5.79. The smallest absolute Gasteiger partial charge is 0.322 e. The molecule has 5 nitrogen and oxygen atoms in total. The Morgan fingerprint density at radius 3 is 2.67 bits per heavy atom. The van der Waals surface area contributed by atoms with E-state index in [1.165, 1.54) is 0 Å². The molecular formula is C16H23N3O2. The number of benzene rings is 1. The Kier molecular flexibility index (Phi) is 5.20. The minimum absolute atomic E-state index is 0.0515. The molecule has 0 radical (unpaired) electrons. The van der Waals surface area contributed by atoms with Crippen molar-refractivity contribution in [1.82, 2.24) is 10.2 Å². The molecule has 21 heavy (non-hydrogen) atoms. The molecule has 2 N–H and O–H groups in total. The normalized spacial score (nSPS) is 17.9. The molecule has 1 fully saturated rings. The third-order valence-electron chi connectivity index (χ3n) is 3.53. The van der Waals surface area contributed by atoms with Gasteiger partial charge in [-0.1, -0.05) is 32.0 Å². The molecule has 1 aromatic carbocycles. The first-order valence-electron chi connectivity index (χ1n) is 7.48. The van der Waals surface area contributed by atoms with E-state index in [0.717, 1.165) is 18.5 Å². The summed E-state index contributed by atoms with van der Waals surface area (Å²) in [6.45, 7) is 5.37. The van der Waals surface area contributed by atoms with Crippen LogP contribution in [-0.2, 0) is 4.79 Å². The minimum atomic E-state index is -0.354. The molecule has 1 aliphatic heterocycles. The number of carbonyl (C=O) groups excluding carboxylic acids is 2. The highest BCUT2D eigenvalue weighted by Crippen LogP contribution is 2.19. The summed E-state index contributed by atoms with van der Waals surface area (Å²) < 4.78 is 0. The van der Waals surface area contributed by atoms with E-state index in [2.05, 4.69) is 24.5 Å². The van der Waals surface area contributed by atoms with Crippen molar-refractivity contribution in [2.24, 2.45) is 5.92 Å². The number of carbonyl (C=O) groups is 2. The van der Waals surface area contributed by atoms with Crippen LogP contribution in [0.4, 0.5) is 10.5 Å². The molecule has 0 spiro atoms. The van der Waals surface area contributed by atoms with Crippen molar-refractivity contribution in [2.45, 2.75) is 32.7 Å². The molecule has 1 heterocycles. The first-order chi connectivity index (χ1) is 10.1. The van der Waals surface area contributed by atoms with E-state index in [9.17, 15) is 9.59 Å². The standard InChI is InChI=1S/C16H23N3O2/c1-12(2)11-17-15(20)14-9-6-10-19(14)16(21)18-13-7-4-3-5-8-13/h3-5,7-8,12,14H,6,9-11H2,1-2H3,(H,17,20)(H,18,21). The summed E-state index contributed by atoms with van der Waals surface area (Å²) in [7, 11) is 0. The molecule has 114 valence electrons. The summed E-state index contributed by atoms with van der Waals surface area (Å²) in [6.07, 6.45) is 1.59. The lowest BCUT2D eigenvalue weighted by Crippen LogP contribution is -2.48. The van der Waals surface area contributed by atoms with Crippen molar-refractivity contribution in [3.8, 4) is 0 Å². The number of urea groups is 1. The van der Waals surface area contributed by atoms with E-state index in [1.54, 1.807) is 4.90 Å². The maximum Gasteiger partial charge on any atom is 0.322 e. The average Bonchev–Trinajstić information content (AvgIpc) is 2.95. The Morgan fingerprint density at radius 2 is 2.00 bits per heavy atom. The average molecular weight is 289 g/mol. The molecular weight excluding hydrogens is 266 g/mol. The summed E-state index contributed by atoms with van der Waals surface area (Å²) in [6, 6.07) is 8.74. The van der Waals surface area contributed by atoms with Crippen LogP contribution in [0.3, 0.4) is 0 Å². The highest BCUT2D eigenvalue weighted by atomic mass is 16.2. The molecule has 1 aliphatic rings. The largest absolute Gasteiger partial charge is 0.354 e. The number of amides is 3. The van der Waals surface area contributed by atoms with Crippen LogP contribution in [0.25, 0.3) is 0 Å². The zero-order chi connectivity index (χ0) is 15.2. The van der Waals surface area contributed by atoms with Gasteiger partial charge in [-0.15, -0.1) is 0 Å². The molecule has 1 unspecified atom stereocenters. The van der Waals surface area contributed by atoms with Crippen LogP contribution in [0.2, 0.25) is 0 Å². The fourth-order valence-corrected chi connectivity index (χ4v) is 2.42. The summed E-state index contributed by atoms with van der Waals surface area (Å²) in [4.78, 5) is 26.1. The van der Waals surface area contributed by atoms with Crippen molar-refractivity contribution >= 4 is 17.6 Å². The highest BCUT2D eigenvalue weighted by molar-refractivity contribution is 5.94. The molecule has 3 amide bonds. The van der Waals surface area contributed by atoms with Crippen LogP contribution in [0, 0.1) is 5.92 Å². The molecule has 1 saturated heterocycles. The van der Waals surface area contributed by atoms with Crippen LogP contribution in [-0.4, -0.2) is 36.0 Å². The van der Waals surface area contributed by atoms with Crippen molar-refractivity contribution in [2.75, 3.05) is 18.4 Å². The third kappa shape index (κ3) is 4.21. The summed E-state index contributed by atoms with van der Waals surface area (Å²) in [5.41, 5.74) is 0.746. The van der Waals surface area contributed by atoms with E-state index < -0.39 is 0 Å². The van der Waals surface area contributed by atoms with Gasteiger partial charge in [0.2, 0.25) is 5.91 Å². The zero-order valence-electron chi connectivity index (χ0n) is 12.6. The van der Waals surface area contributed by atoms with Crippen LogP contribution >= 0.6 is 0 Å². The van der Waals surface area contributed by atoms with Gasteiger partial charge >= 0.3 is 6.03 Å². The van der Waals surface area contributed by atoms with Gasteiger partial charge < -0.3 is 15.5 Å². The van der Waals surface area contributed by atoms with Crippen LogP contribution in [0.1, 0.15) is 26.7 Å². The van der Waals surface area contributed by atoms with Crippen molar-refractivity contribution in [1.29, 1.82) is 0 Å². The SMILES string of the molecule is CC(C)CNC(=O)C1CCCN1C(=O)Nc1ccccc1. The lowest BCUT2D eigenvalue weighted by Gasteiger charge is -2.24. The van der Waals surface area contributed by atoms with Gasteiger partial charge in [-0.25, -0.2) is 4.79 Å². The van der Waals surface area contributed by atoms with Gasteiger partial charge in [0.15, 0.2) is 0 Å². The van der Waals surface area contributed by atoms with Gasteiger partial charge in [-0.05, 0) is 30.9 Å². The first kappa shape index (κ1) is 15.4. The number of likely N-dealkylation sites (tertiary alicyclic amines) is 1. The van der Waals surface area contributed by atoms with Gasteiger partial charge in [0.05, 0.1) is 0 Å². The monoisotopic (exact) mass is 289 g/mol. The zero-order valence-corrected chi connectivity index (χ0v) is 12.6. The number of para-hydroxylation sites is 1. The van der Waals surface area contributed by atoms with E-state index >= 15 is 0 Å². The van der Waals surface area contributed by atoms with Crippen molar-refractivity contribution < 1.29 is 9.59 Å². The fraction of sp³-hybridized carbons (Fsp3) is 0.500. The molecule has 2 rings (SSSR count). The van der Waals surface area contributed by atoms with E-state index in [0.29, 0.717) is 19.0 Å². The van der Waals surface area contributed by atoms with Crippen molar-refractivity contribution in [3.63, 3.8) is 0 Å². The Bertz CT molecular complexity index is 488. The van der Waals surface area contributed by atoms with E-state index in [1.807, 2.05) is 30.3 Å². The van der Waals surface area contributed by atoms with E-state index in [-0.39, 0.29) is 18.0 Å². The Balaban J connectivity index is 1.94. The lowest BCUT2D eigenvalue weighted by molar-refractivity contribution is -0.124.